The van der Waals surface area contributed by atoms with Gasteiger partial charge in [0.1, 0.15) is 5.75 Å². The Morgan fingerprint density at radius 1 is 1.59 bits per heavy atom. The highest BCUT2D eigenvalue weighted by molar-refractivity contribution is 9.10. The van der Waals surface area contributed by atoms with Gasteiger partial charge in [0.25, 0.3) is 0 Å². The van der Waals surface area contributed by atoms with Crippen molar-refractivity contribution in [2.24, 2.45) is 5.73 Å². The number of halogens is 1. The van der Waals surface area contributed by atoms with E-state index in [2.05, 4.69) is 21.2 Å². The largest absolute Gasteiger partial charge is 0.495 e. The van der Waals surface area contributed by atoms with Crippen molar-refractivity contribution in [3.05, 3.63) is 22.7 Å². The molecule has 17 heavy (non-hydrogen) atoms. The summed E-state index contributed by atoms with van der Waals surface area (Å²) < 4.78 is 6.04. The van der Waals surface area contributed by atoms with Crippen LogP contribution >= 0.6 is 15.9 Å². The summed E-state index contributed by atoms with van der Waals surface area (Å²) in [6.07, 6.45) is 1.55. The Hall–Kier alpha value is -1.07. The molecule has 5 heteroatoms. The number of rotatable bonds is 5. The predicted octanol–water partition coefficient (Wildman–Crippen LogP) is 2.52. The second-order valence-corrected chi connectivity index (χ2v) is 4.64. The smallest absolute Gasteiger partial charge is 0.241 e. The SMILES string of the molecule is CCC[C@@H](N)C(=O)Nc1cc(Br)ccc1OC. The maximum Gasteiger partial charge on any atom is 0.241 e. The molecular formula is C12H17BrN2O2. The first-order chi connectivity index (χ1) is 8.08. The monoisotopic (exact) mass is 300 g/mol. The van der Waals surface area contributed by atoms with Crippen LogP contribution in [-0.2, 0) is 4.79 Å². The second kappa shape index (κ2) is 6.61. The van der Waals surface area contributed by atoms with Crippen molar-refractivity contribution in [2.45, 2.75) is 25.8 Å². The van der Waals surface area contributed by atoms with Gasteiger partial charge in [-0.25, -0.2) is 0 Å². The molecule has 1 aromatic carbocycles. The van der Waals surface area contributed by atoms with Gasteiger partial charge in [-0.1, -0.05) is 29.3 Å². The molecule has 0 aliphatic rings. The third-order valence-corrected chi connectivity index (χ3v) is 2.85. The van der Waals surface area contributed by atoms with Crippen LogP contribution in [0.5, 0.6) is 5.75 Å². The summed E-state index contributed by atoms with van der Waals surface area (Å²) in [6.45, 7) is 1.99. The van der Waals surface area contributed by atoms with Gasteiger partial charge in [-0.3, -0.25) is 4.79 Å². The van der Waals surface area contributed by atoms with Crippen LogP contribution in [0.3, 0.4) is 0 Å². The zero-order valence-corrected chi connectivity index (χ0v) is 11.6. The number of anilines is 1. The summed E-state index contributed by atoms with van der Waals surface area (Å²) in [5.41, 5.74) is 6.36. The lowest BCUT2D eigenvalue weighted by molar-refractivity contribution is -0.117. The summed E-state index contributed by atoms with van der Waals surface area (Å²) >= 11 is 3.35. The van der Waals surface area contributed by atoms with Crippen molar-refractivity contribution in [1.82, 2.24) is 0 Å². The molecule has 0 fully saturated rings. The first-order valence-corrected chi connectivity index (χ1v) is 6.27. The molecule has 4 nitrogen and oxygen atoms in total. The summed E-state index contributed by atoms with van der Waals surface area (Å²) in [5.74, 6) is 0.425. The Balaban J connectivity index is 2.79. The lowest BCUT2D eigenvalue weighted by Gasteiger charge is -2.14. The van der Waals surface area contributed by atoms with Gasteiger partial charge in [-0.05, 0) is 24.6 Å². The summed E-state index contributed by atoms with van der Waals surface area (Å²) in [6, 6.07) is 4.93. The lowest BCUT2D eigenvalue weighted by atomic mass is 10.1. The van der Waals surface area contributed by atoms with E-state index in [4.69, 9.17) is 10.5 Å². The van der Waals surface area contributed by atoms with E-state index < -0.39 is 6.04 Å². The minimum absolute atomic E-state index is 0.191. The van der Waals surface area contributed by atoms with Crippen LogP contribution in [0.1, 0.15) is 19.8 Å². The normalized spacial score (nSPS) is 12.0. The quantitative estimate of drug-likeness (QED) is 0.878. The molecule has 0 saturated carbocycles. The van der Waals surface area contributed by atoms with E-state index >= 15 is 0 Å². The standard InChI is InChI=1S/C12H17BrN2O2/c1-3-4-9(14)12(16)15-10-7-8(13)5-6-11(10)17-2/h5-7,9H,3-4,14H2,1-2H3,(H,15,16)/t9-/m1/s1. The Kier molecular flexibility index (Phi) is 5.44. The molecule has 0 radical (unpaired) electrons. The van der Waals surface area contributed by atoms with Crippen LogP contribution in [0.25, 0.3) is 0 Å². The van der Waals surface area contributed by atoms with Crippen molar-refractivity contribution in [2.75, 3.05) is 12.4 Å². The molecule has 0 unspecified atom stereocenters. The Labute approximate surface area is 110 Å². The summed E-state index contributed by atoms with van der Waals surface area (Å²) in [4.78, 5) is 11.8. The minimum atomic E-state index is -0.483. The number of hydrogen-bond donors (Lipinski definition) is 2. The van der Waals surface area contributed by atoms with Gasteiger partial charge < -0.3 is 15.8 Å². The topological polar surface area (TPSA) is 64.4 Å². The van der Waals surface area contributed by atoms with Gasteiger partial charge in [-0.15, -0.1) is 0 Å². The molecule has 0 bridgehead atoms. The van der Waals surface area contributed by atoms with Gasteiger partial charge in [0.05, 0.1) is 18.8 Å². The fourth-order valence-electron chi connectivity index (χ4n) is 1.45. The zero-order valence-electron chi connectivity index (χ0n) is 10.00. The van der Waals surface area contributed by atoms with E-state index in [1.807, 2.05) is 13.0 Å². The average Bonchev–Trinajstić information content (AvgIpc) is 2.29. The van der Waals surface area contributed by atoms with Crippen molar-refractivity contribution < 1.29 is 9.53 Å². The third kappa shape index (κ3) is 4.02. The molecule has 1 amide bonds. The van der Waals surface area contributed by atoms with Crippen LogP contribution in [0.15, 0.2) is 22.7 Å². The van der Waals surface area contributed by atoms with E-state index in [-0.39, 0.29) is 5.91 Å². The number of hydrogen-bond acceptors (Lipinski definition) is 3. The van der Waals surface area contributed by atoms with Gasteiger partial charge >= 0.3 is 0 Å². The van der Waals surface area contributed by atoms with Crippen LogP contribution in [0, 0.1) is 0 Å². The molecule has 1 aromatic rings. The molecule has 1 rings (SSSR count). The van der Waals surface area contributed by atoms with Gasteiger partial charge in [0.2, 0.25) is 5.91 Å². The van der Waals surface area contributed by atoms with E-state index in [9.17, 15) is 4.79 Å². The molecule has 0 spiro atoms. The number of carbonyl (C=O) groups is 1. The van der Waals surface area contributed by atoms with E-state index in [1.165, 1.54) is 0 Å². The first-order valence-electron chi connectivity index (χ1n) is 5.48. The van der Waals surface area contributed by atoms with E-state index in [0.717, 1.165) is 10.9 Å². The fraction of sp³-hybridized carbons (Fsp3) is 0.417. The summed E-state index contributed by atoms with van der Waals surface area (Å²) in [5, 5.41) is 2.77. The number of methoxy groups -OCH3 is 1. The number of benzene rings is 1. The minimum Gasteiger partial charge on any atom is -0.495 e. The maximum absolute atomic E-state index is 11.8. The molecule has 0 aliphatic carbocycles. The fourth-order valence-corrected chi connectivity index (χ4v) is 1.81. The average molecular weight is 301 g/mol. The Morgan fingerprint density at radius 2 is 2.29 bits per heavy atom. The first kappa shape index (κ1) is 14.0. The van der Waals surface area contributed by atoms with Crippen LogP contribution in [-0.4, -0.2) is 19.1 Å². The lowest BCUT2D eigenvalue weighted by Crippen LogP contribution is -2.35. The molecule has 0 saturated heterocycles. The predicted molar refractivity (Wildman–Crippen MR) is 72.2 cm³/mol. The molecule has 1 atom stereocenters. The zero-order chi connectivity index (χ0) is 12.8. The highest BCUT2D eigenvalue weighted by Gasteiger charge is 2.14. The molecule has 0 aromatic heterocycles. The summed E-state index contributed by atoms with van der Waals surface area (Å²) in [7, 11) is 1.56. The van der Waals surface area contributed by atoms with Gasteiger partial charge in [0.15, 0.2) is 0 Å². The second-order valence-electron chi connectivity index (χ2n) is 3.73. The number of carbonyl (C=O) groups excluding carboxylic acids is 1. The Morgan fingerprint density at radius 3 is 2.88 bits per heavy atom. The molecule has 0 aliphatic heterocycles. The van der Waals surface area contributed by atoms with Crippen LogP contribution < -0.4 is 15.8 Å². The highest BCUT2D eigenvalue weighted by Crippen LogP contribution is 2.27. The van der Waals surface area contributed by atoms with Crippen molar-refractivity contribution >= 4 is 27.5 Å². The van der Waals surface area contributed by atoms with Gasteiger partial charge in [0, 0.05) is 4.47 Å². The molecule has 3 N–H and O–H groups in total. The van der Waals surface area contributed by atoms with Crippen molar-refractivity contribution in [3.63, 3.8) is 0 Å². The van der Waals surface area contributed by atoms with Crippen molar-refractivity contribution in [1.29, 1.82) is 0 Å². The van der Waals surface area contributed by atoms with Crippen LogP contribution in [0.4, 0.5) is 5.69 Å². The number of nitrogens with one attached hydrogen (secondary N) is 1. The highest BCUT2D eigenvalue weighted by atomic mass is 79.9. The number of amides is 1. The molecule has 0 heterocycles. The van der Waals surface area contributed by atoms with Crippen LogP contribution in [0.2, 0.25) is 0 Å². The number of nitrogens with two attached hydrogens (primary N) is 1. The molecular weight excluding hydrogens is 284 g/mol. The maximum atomic E-state index is 11.8. The Bertz CT molecular complexity index is 396. The van der Waals surface area contributed by atoms with E-state index in [1.54, 1.807) is 19.2 Å². The number of ether oxygens (including phenoxy) is 1. The van der Waals surface area contributed by atoms with Gasteiger partial charge in [-0.2, -0.15) is 0 Å². The van der Waals surface area contributed by atoms with Crippen molar-refractivity contribution in [3.8, 4) is 5.75 Å². The molecule has 94 valence electrons. The van der Waals surface area contributed by atoms with E-state index in [0.29, 0.717) is 17.9 Å². The third-order valence-electron chi connectivity index (χ3n) is 2.36.